The molecule has 13 heteroatoms. The molecule has 1 N–H and O–H groups in total. The lowest BCUT2D eigenvalue weighted by molar-refractivity contribution is -0.0507. The third kappa shape index (κ3) is 3.99. The van der Waals surface area contributed by atoms with Crippen molar-refractivity contribution in [2.24, 2.45) is 0 Å². The molecule has 7 rings (SSSR count). The number of halogens is 2. The number of carbonyl (C=O) groups is 1. The number of aromatic nitrogens is 4. The van der Waals surface area contributed by atoms with Gasteiger partial charge in [-0.2, -0.15) is 8.78 Å². The van der Waals surface area contributed by atoms with Gasteiger partial charge in [-0.3, -0.25) is 4.79 Å². The maximum absolute atomic E-state index is 13.3. The first kappa shape index (κ1) is 23.9. The molecule has 1 saturated heterocycles. The van der Waals surface area contributed by atoms with E-state index in [0.717, 1.165) is 16.6 Å². The predicted octanol–water partition coefficient (Wildman–Crippen LogP) is 3.11. The summed E-state index contributed by atoms with van der Waals surface area (Å²) >= 11 is 0. The number of nitrogens with zero attached hydrogens (tertiary/aromatic N) is 5. The van der Waals surface area contributed by atoms with Gasteiger partial charge in [-0.1, -0.05) is 12.1 Å². The van der Waals surface area contributed by atoms with E-state index in [0.29, 0.717) is 47.9 Å². The van der Waals surface area contributed by atoms with Crippen LogP contribution < -0.4 is 15.0 Å². The van der Waals surface area contributed by atoms with Gasteiger partial charge in [0.1, 0.15) is 11.6 Å². The van der Waals surface area contributed by atoms with Crippen LogP contribution in [0.5, 0.6) is 5.75 Å². The molecule has 39 heavy (non-hydrogen) atoms. The Kier molecular flexibility index (Phi) is 5.34. The number of ether oxygens (including phenoxy) is 1. The van der Waals surface area contributed by atoms with Gasteiger partial charge in [-0.15, -0.1) is 0 Å². The zero-order valence-electron chi connectivity index (χ0n) is 20.4. The number of alkyl halides is 2. The van der Waals surface area contributed by atoms with Crippen LogP contribution in [0.2, 0.25) is 0 Å². The van der Waals surface area contributed by atoms with Crippen LogP contribution in [0.4, 0.5) is 14.7 Å². The molecule has 0 aliphatic carbocycles. The molecule has 5 heterocycles. The fraction of sp³-hybridized carbons (Fsp3) is 0.308. The third-order valence-corrected chi connectivity index (χ3v) is 9.17. The average molecular weight is 553 g/mol. The molecule has 2 aromatic carbocycles. The molecule has 2 aromatic heterocycles. The largest absolute Gasteiger partial charge is 0.434 e. The van der Waals surface area contributed by atoms with Crippen molar-refractivity contribution in [3.05, 3.63) is 65.7 Å². The number of benzene rings is 2. The Morgan fingerprint density at radius 3 is 2.56 bits per heavy atom. The van der Waals surface area contributed by atoms with Crippen molar-refractivity contribution in [3.63, 3.8) is 0 Å². The van der Waals surface area contributed by atoms with Crippen molar-refractivity contribution in [1.82, 2.24) is 24.8 Å². The summed E-state index contributed by atoms with van der Waals surface area (Å²) in [5.74, 6) is 0.922. The van der Waals surface area contributed by atoms with Gasteiger partial charge in [0, 0.05) is 42.2 Å². The van der Waals surface area contributed by atoms with Gasteiger partial charge in [-0.05, 0) is 36.2 Å². The van der Waals surface area contributed by atoms with Crippen LogP contribution in [0.1, 0.15) is 40.3 Å². The number of carbonyl (C=O) groups excluding carboxylic acids is 1. The molecule has 3 aliphatic heterocycles. The Hall–Kier alpha value is -4.13. The number of hydrogen-bond donors (Lipinski definition) is 1. The maximum Gasteiger partial charge on any atom is 0.387 e. The first-order chi connectivity index (χ1) is 18.8. The molecule has 3 aliphatic rings. The number of fused-ring (bicyclic) bond motifs is 9. The van der Waals surface area contributed by atoms with E-state index < -0.39 is 22.5 Å². The number of hydrogen-bond acceptors (Lipinski definition) is 8. The van der Waals surface area contributed by atoms with Crippen LogP contribution in [0.15, 0.2) is 48.8 Å². The molecule has 2 bridgehead atoms. The molecule has 0 saturated carbocycles. The molecular formula is C26H22F2N6O4S. The zero-order valence-corrected chi connectivity index (χ0v) is 21.2. The first-order valence-corrected chi connectivity index (χ1v) is 14.3. The van der Waals surface area contributed by atoms with E-state index in [1.807, 2.05) is 27.7 Å². The predicted molar refractivity (Wildman–Crippen MR) is 138 cm³/mol. The second-order valence-electron chi connectivity index (χ2n) is 9.83. The number of imidazole rings is 1. The SMILES string of the molecule is O=C1NC2CC(c3c(OC(F)F)cccc31)n1c2nc2ccc(-c3cnc(N4CCS(=O)(=O)CC4)nc3)cc21. The van der Waals surface area contributed by atoms with E-state index in [2.05, 4.69) is 15.3 Å². The summed E-state index contributed by atoms with van der Waals surface area (Å²) in [6, 6.07) is 9.53. The van der Waals surface area contributed by atoms with Crippen molar-refractivity contribution in [2.45, 2.75) is 25.1 Å². The van der Waals surface area contributed by atoms with E-state index in [1.54, 1.807) is 18.5 Å². The van der Waals surface area contributed by atoms with Gasteiger partial charge < -0.3 is 19.5 Å². The zero-order chi connectivity index (χ0) is 26.9. The molecule has 0 spiro atoms. The summed E-state index contributed by atoms with van der Waals surface area (Å²) in [6.07, 6.45) is 3.86. The van der Waals surface area contributed by atoms with Crippen molar-refractivity contribution in [3.8, 4) is 16.9 Å². The Bertz CT molecular complexity index is 1730. The van der Waals surface area contributed by atoms with E-state index in [4.69, 9.17) is 9.72 Å². The Labute approximate surface area is 221 Å². The first-order valence-electron chi connectivity index (χ1n) is 12.5. The Balaban J connectivity index is 1.27. The summed E-state index contributed by atoms with van der Waals surface area (Å²) in [4.78, 5) is 28.5. The summed E-state index contributed by atoms with van der Waals surface area (Å²) in [5, 5.41) is 2.99. The minimum Gasteiger partial charge on any atom is -0.434 e. The average Bonchev–Trinajstić information content (AvgIpc) is 3.40. The molecule has 0 radical (unpaired) electrons. The Morgan fingerprint density at radius 1 is 1.05 bits per heavy atom. The lowest BCUT2D eigenvalue weighted by atomic mass is 9.97. The van der Waals surface area contributed by atoms with Crippen LogP contribution in [0.25, 0.3) is 22.2 Å². The Morgan fingerprint density at radius 2 is 1.82 bits per heavy atom. The van der Waals surface area contributed by atoms with Crippen molar-refractivity contribution in [2.75, 3.05) is 29.5 Å². The van der Waals surface area contributed by atoms with Crippen molar-refractivity contribution < 1.29 is 26.7 Å². The lowest BCUT2D eigenvalue weighted by Gasteiger charge is -2.26. The topological polar surface area (TPSA) is 119 Å². The van der Waals surface area contributed by atoms with Gasteiger partial charge in [0.2, 0.25) is 5.95 Å². The van der Waals surface area contributed by atoms with Gasteiger partial charge >= 0.3 is 6.61 Å². The van der Waals surface area contributed by atoms with E-state index >= 15 is 0 Å². The van der Waals surface area contributed by atoms with Crippen LogP contribution in [0, 0.1) is 0 Å². The standard InChI is InChI=1S/C26H22F2N6O4S/c27-25(28)38-21-3-1-2-16-22(21)20-11-18(32-24(16)35)23-31-17-5-4-14(10-19(17)34(20)23)15-12-29-26(30-13-15)33-6-8-39(36,37)9-7-33/h1-5,10,12-13,18,20,25H,6-9,11H2,(H,32,35). The van der Waals surface area contributed by atoms with Crippen LogP contribution in [-0.2, 0) is 9.84 Å². The third-order valence-electron chi connectivity index (χ3n) is 7.56. The molecule has 1 fully saturated rings. The lowest BCUT2D eigenvalue weighted by Crippen LogP contribution is -2.41. The van der Waals surface area contributed by atoms with Gasteiger partial charge in [0.15, 0.2) is 9.84 Å². The van der Waals surface area contributed by atoms with Crippen LogP contribution in [-0.4, -0.2) is 65.1 Å². The fourth-order valence-electron chi connectivity index (χ4n) is 5.74. The summed E-state index contributed by atoms with van der Waals surface area (Å²) in [6.45, 7) is -2.32. The molecule has 4 aromatic rings. The molecule has 2 unspecified atom stereocenters. The highest BCUT2D eigenvalue weighted by atomic mass is 32.2. The van der Waals surface area contributed by atoms with Gasteiger partial charge in [0.25, 0.3) is 5.91 Å². The number of nitrogens with one attached hydrogen (secondary N) is 1. The number of sulfone groups is 1. The summed E-state index contributed by atoms with van der Waals surface area (Å²) in [5.41, 5.74) is 3.80. The normalized spacial score (nSPS) is 21.4. The highest BCUT2D eigenvalue weighted by molar-refractivity contribution is 7.91. The summed E-state index contributed by atoms with van der Waals surface area (Å²) < 4.78 is 56.8. The number of rotatable bonds is 4. The van der Waals surface area contributed by atoms with Crippen molar-refractivity contribution in [1.29, 1.82) is 0 Å². The number of amides is 1. The van der Waals surface area contributed by atoms with Crippen LogP contribution in [0.3, 0.4) is 0 Å². The van der Waals surface area contributed by atoms with Crippen LogP contribution >= 0.6 is 0 Å². The number of anilines is 1. The fourth-order valence-corrected chi connectivity index (χ4v) is 6.94. The smallest absolute Gasteiger partial charge is 0.387 e. The second kappa shape index (κ2) is 8.70. The van der Waals surface area contributed by atoms with E-state index in [-0.39, 0.29) is 29.2 Å². The van der Waals surface area contributed by atoms with E-state index in [9.17, 15) is 22.0 Å². The van der Waals surface area contributed by atoms with Gasteiger partial charge in [-0.25, -0.2) is 23.4 Å². The molecular weight excluding hydrogens is 530 g/mol. The maximum atomic E-state index is 13.3. The summed E-state index contributed by atoms with van der Waals surface area (Å²) in [7, 11) is -3.01. The minimum absolute atomic E-state index is 0.0244. The minimum atomic E-state index is -3.03. The van der Waals surface area contributed by atoms with Gasteiger partial charge in [0.05, 0.1) is 34.6 Å². The highest BCUT2D eigenvalue weighted by Gasteiger charge is 2.42. The molecule has 1 amide bonds. The molecule has 10 nitrogen and oxygen atoms in total. The molecule has 2 atom stereocenters. The monoisotopic (exact) mass is 552 g/mol. The highest BCUT2D eigenvalue weighted by Crippen LogP contribution is 2.47. The molecule has 200 valence electrons. The second-order valence-corrected chi connectivity index (χ2v) is 12.1. The quantitative estimate of drug-likeness (QED) is 0.410. The van der Waals surface area contributed by atoms with E-state index in [1.165, 1.54) is 12.1 Å². The van der Waals surface area contributed by atoms with Crippen molar-refractivity contribution >= 4 is 32.7 Å².